The molecule has 4 aromatic rings. The Kier molecular flexibility index (Phi) is 4.93. The maximum Gasteiger partial charge on any atom is 0.290 e. The Morgan fingerprint density at radius 3 is 2.84 bits per heavy atom. The molecule has 1 fully saturated rings. The molecule has 1 N–H and O–H groups in total. The topological polar surface area (TPSA) is 99.8 Å². The van der Waals surface area contributed by atoms with Crippen molar-refractivity contribution in [1.82, 2.24) is 29.8 Å². The smallest absolute Gasteiger partial charge is 0.290 e. The van der Waals surface area contributed by atoms with Crippen LogP contribution < -0.4 is 15.6 Å². The maximum atomic E-state index is 12.4. The van der Waals surface area contributed by atoms with Gasteiger partial charge in [0.1, 0.15) is 15.7 Å². The summed E-state index contributed by atoms with van der Waals surface area (Å²) in [4.78, 5) is 12.4. The molecule has 1 saturated carbocycles. The van der Waals surface area contributed by atoms with Crippen molar-refractivity contribution in [3.63, 3.8) is 0 Å². The van der Waals surface area contributed by atoms with Gasteiger partial charge in [-0.25, -0.2) is 4.68 Å². The average molecular weight is 438 g/mol. The van der Waals surface area contributed by atoms with Crippen LogP contribution in [0.1, 0.15) is 28.0 Å². The first-order chi connectivity index (χ1) is 15.0. The number of anilines is 1. The lowest BCUT2D eigenvalue weighted by Crippen LogP contribution is -2.24. The quantitative estimate of drug-likeness (QED) is 0.474. The van der Waals surface area contributed by atoms with Crippen LogP contribution in [0.25, 0.3) is 10.9 Å². The van der Waals surface area contributed by atoms with Crippen LogP contribution in [0.15, 0.2) is 35.1 Å². The minimum Gasteiger partial charge on any atom is -0.476 e. The van der Waals surface area contributed by atoms with Crippen LogP contribution in [0.4, 0.5) is 5.69 Å². The fourth-order valence-electron chi connectivity index (χ4n) is 3.83. The number of nitrogens with zero attached hydrogens (tertiary/aromatic N) is 6. The van der Waals surface area contributed by atoms with Gasteiger partial charge < -0.3 is 10.1 Å². The molecule has 1 aromatic carbocycles. The zero-order chi connectivity index (χ0) is 21.5. The summed E-state index contributed by atoms with van der Waals surface area (Å²) in [7, 11) is 3.60. The Labute approximate surface area is 182 Å². The van der Waals surface area contributed by atoms with E-state index in [0.29, 0.717) is 36.6 Å². The summed E-state index contributed by atoms with van der Waals surface area (Å²) in [5.41, 5.74) is 2.50. The fourth-order valence-corrected chi connectivity index (χ4v) is 4.48. The van der Waals surface area contributed by atoms with Crippen molar-refractivity contribution in [1.29, 1.82) is 0 Å². The first kappa shape index (κ1) is 19.7. The first-order valence-electron chi connectivity index (χ1n) is 10.1. The lowest BCUT2D eigenvalue weighted by atomic mass is 10.1. The van der Waals surface area contributed by atoms with Gasteiger partial charge in [-0.2, -0.15) is 5.10 Å². The first-order valence-corrected chi connectivity index (χ1v) is 11.0. The number of aromatic nitrogens is 6. The Morgan fingerprint density at radius 1 is 1.19 bits per heavy atom. The molecule has 31 heavy (non-hydrogen) atoms. The summed E-state index contributed by atoms with van der Waals surface area (Å²) in [5, 5.41) is 23.1. The molecule has 1 aliphatic rings. The second kappa shape index (κ2) is 7.77. The van der Waals surface area contributed by atoms with Crippen molar-refractivity contribution in [2.75, 3.05) is 11.9 Å². The molecule has 10 heteroatoms. The average Bonchev–Trinajstić information content (AvgIpc) is 3.29. The number of benzene rings is 1. The van der Waals surface area contributed by atoms with Crippen molar-refractivity contribution in [3.8, 4) is 5.88 Å². The summed E-state index contributed by atoms with van der Waals surface area (Å²) in [6.45, 7) is 2.87. The SMILES string of the molecule is Cc1nnc(CNc2cc(OCC3CC3c3nn(C)c4ccccc34)nn(C)c2=O)s1. The summed E-state index contributed by atoms with van der Waals surface area (Å²) in [6, 6.07) is 9.95. The molecule has 0 amide bonds. The number of fused-ring (bicyclic) bond motifs is 1. The summed E-state index contributed by atoms with van der Waals surface area (Å²) >= 11 is 1.50. The van der Waals surface area contributed by atoms with E-state index < -0.39 is 0 Å². The van der Waals surface area contributed by atoms with Crippen LogP contribution in [0.2, 0.25) is 0 Å². The zero-order valence-electron chi connectivity index (χ0n) is 17.6. The summed E-state index contributed by atoms with van der Waals surface area (Å²) in [6.07, 6.45) is 1.04. The van der Waals surface area contributed by atoms with Gasteiger partial charge in [-0.15, -0.1) is 15.3 Å². The molecule has 3 heterocycles. The number of nitrogens with one attached hydrogen (secondary N) is 1. The molecule has 0 aliphatic heterocycles. The second-order valence-electron chi connectivity index (χ2n) is 7.83. The third-order valence-corrected chi connectivity index (χ3v) is 6.38. The summed E-state index contributed by atoms with van der Waals surface area (Å²) < 4.78 is 9.19. The van der Waals surface area contributed by atoms with Gasteiger partial charge in [-0.3, -0.25) is 9.48 Å². The highest BCUT2D eigenvalue weighted by Crippen LogP contribution is 2.48. The van der Waals surface area contributed by atoms with Crippen molar-refractivity contribution in [2.45, 2.75) is 25.8 Å². The van der Waals surface area contributed by atoms with E-state index in [2.05, 4.69) is 32.7 Å². The minimum absolute atomic E-state index is 0.210. The van der Waals surface area contributed by atoms with E-state index >= 15 is 0 Å². The predicted octanol–water partition coefficient (Wildman–Crippen LogP) is 2.62. The molecule has 1 aliphatic carbocycles. The Morgan fingerprint density at radius 2 is 2.03 bits per heavy atom. The van der Waals surface area contributed by atoms with Crippen LogP contribution in [-0.4, -0.2) is 36.4 Å². The van der Waals surface area contributed by atoms with E-state index in [9.17, 15) is 4.79 Å². The standard InChI is InChI=1S/C21H23N7O2S/c1-12-23-24-19(31-12)10-22-16-9-18(25-28(3)21(16)29)30-11-13-8-15(13)20-14-6-4-5-7-17(14)27(2)26-20/h4-7,9,13,15,22H,8,10-11H2,1-3H3. The van der Waals surface area contributed by atoms with Crippen LogP contribution in [0, 0.1) is 12.8 Å². The third kappa shape index (κ3) is 3.90. The highest BCUT2D eigenvalue weighted by molar-refractivity contribution is 7.11. The molecule has 0 spiro atoms. The van der Waals surface area contributed by atoms with E-state index in [-0.39, 0.29) is 5.56 Å². The molecule has 2 unspecified atom stereocenters. The minimum atomic E-state index is -0.210. The number of para-hydroxylation sites is 1. The molecular formula is C21H23N7O2S. The normalized spacial score (nSPS) is 17.8. The molecule has 160 valence electrons. The van der Waals surface area contributed by atoms with Gasteiger partial charge in [-0.1, -0.05) is 29.5 Å². The fraction of sp³-hybridized carbons (Fsp3) is 0.381. The zero-order valence-corrected chi connectivity index (χ0v) is 18.4. The maximum absolute atomic E-state index is 12.4. The van der Waals surface area contributed by atoms with E-state index in [1.165, 1.54) is 21.4 Å². The molecule has 2 atom stereocenters. The Bertz CT molecular complexity index is 1310. The molecule has 0 saturated heterocycles. The number of ether oxygens (including phenoxy) is 1. The van der Waals surface area contributed by atoms with E-state index in [1.807, 2.05) is 30.8 Å². The van der Waals surface area contributed by atoms with E-state index in [1.54, 1.807) is 13.1 Å². The highest BCUT2D eigenvalue weighted by Gasteiger charge is 2.42. The second-order valence-corrected chi connectivity index (χ2v) is 9.10. The van der Waals surface area contributed by atoms with E-state index in [4.69, 9.17) is 9.84 Å². The lowest BCUT2D eigenvalue weighted by Gasteiger charge is -2.10. The molecule has 0 radical (unpaired) electrons. The molecule has 5 rings (SSSR count). The summed E-state index contributed by atoms with van der Waals surface area (Å²) in [5.74, 6) is 1.20. The molecular weight excluding hydrogens is 414 g/mol. The Balaban J connectivity index is 1.25. The van der Waals surface area contributed by atoms with Crippen LogP contribution in [-0.2, 0) is 20.6 Å². The van der Waals surface area contributed by atoms with Gasteiger partial charge in [0.2, 0.25) is 5.88 Å². The molecule has 9 nitrogen and oxygen atoms in total. The van der Waals surface area contributed by atoms with Gasteiger partial charge in [0.25, 0.3) is 5.56 Å². The Hall–Kier alpha value is -3.27. The molecule has 0 bridgehead atoms. The van der Waals surface area contributed by atoms with Gasteiger partial charge in [0, 0.05) is 37.4 Å². The largest absolute Gasteiger partial charge is 0.476 e. The number of rotatable bonds is 7. The number of aryl methyl sites for hydroxylation is 3. The van der Waals surface area contributed by atoms with Gasteiger partial charge >= 0.3 is 0 Å². The third-order valence-electron chi connectivity index (χ3n) is 5.54. The monoisotopic (exact) mass is 437 g/mol. The number of hydrogen-bond acceptors (Lipinski definition) is 8. The van der Waals surface area contributed by atoms with Gasteiger partial charge in [0.05, 0.1) is 24.4 Å². The van der Waals surface area contributed by atoms with Crippen molar-refractivity contribution in [3.05, 3.63) is 56.4 Å². The van der Waals surface area contributed by atoms with E-state index in [0.717, 1.165) is 27.6 Å². The molecule has 3 aromatic heterocycles. The highest BCUT2D eigenvalue weighted by atomic mass is 32.1. The van der Waals surface area contributed by atoms with Crippen molar-refractivity contribution < 1.29 is 4.74 Å². The van der Waals surface area contributed by atoms with Gasteiger partial charge in [0.15, 0.2) is 0 Å². The van der Waals surface area contributed by atoms with Crippen LogP contribution >= 0.6 is 11.3 Å². The van der Waals surface area contributed by atoms with Crippen molar-refractivity contribution in [2.24, 2.45) is 20.0 Å². The number of hydrogen-bond donors (Lipinski definition) is 1. The predicted molar refractivity (Wildman–Crippen MR) is 119 cm³/mol. The van der Waals surface area contributed by atoms with Crippen LogP contribution in [0.3, 0.4) is 0 Å². The lowest BCUT2D eigenvalue weighted by molar-refractivity contribution is 0.278. The van der Waals surface area contributed by atoms with Crippen LogP contribution in [0.5, 0.6) is 5.88 Å². The van der Waals surface area contributed by atoms with Crippen molar-refractivity contribution >= 4 is 27.9 Å². The van der Waals surface area contributed by atoms with Gasteiger partial charge in [-0.05, 0) is 19.4 Å².